The number of fused-ring (bicyclic) bond motifs is 1. The van der Waals surface area contributed by atoms with Gasteiger partial charge in [0.25, 0.3) is 0 Å². The minimum absolute atomic E-state index is 0.292. The van der Waals surface area contributed by atoms with E-state index >= 15 is 0 Å². The Morgan fingerprint density at radius 2 is 2.00 bits per heavy atom. The minimum atomic E-state index is 0.292. The zero-order chi connectivity index (χ0) is 12.5. The molecular formula is C15H15N3. The molecule has 0 fully saturated rings. The number of nitrogens with zero attached hydrogens (tertiary/aromatic N) is 2. The van der Waals surface area contributed by atoms with E-state index in [1.807, 2.05) is 36.7 Å². The molecular weight excluding hydrogens is 222 g/mol. The lowest BCUT2D eigenvalue weighted by Gasteiger charge is -2.25. The topological polar surface area (TPSA) is 49.6 Å². The Morgan fingerprint density at radius 3 is 2.78 bits per heavy atom. The van der Waals surface area contributed by atoms with Gasteiger partial charge in [-0.1, -0.05) is 6.07 Å². The monoisotopic (exact) mass is 237 g/mol. The zero-order valence-electron chi connectivity index (χ0n) is 10.4. The van der Waals surface area contributed by atoms with Crippen LogP contribution in [0.1, 0.15) is 34.9 Å². The summed E-state index contributed by atoms with van der Waals surface area (Å²) < 4.78 is 0. The smallest absolute Gasteiger partial charge is 0.0503 e. The molecule has 1 N–H and O–H groups in total. The van der Waals surface area contributed by atoms with Crippen molar-refractivity contribution in [3.8, 4) is 0 Å². The maximum Gasteiger partial charge on any atom is 0.0503 e. The van der Waals surface area contributed by atoms with Crippen LogP contribution in [0.25, 0.3) is 0 Å². The van der Waals surface area contributed by atoms with E-state index in [-0.39, 0.29) is 0 Å². The van der Waals surface area contributed by atoms with Gasteiger partial charge >= 0.3 is 0 Å². The molecule has 2 aromatic rings. The van der Waals surface area contributed by atoms with Gasteiger partial charge in [-0.05, 0) is 43.5 Å². The molecule has 1 unspecified atom stereocenters. The van der Waals surface area contributed by atoms with Gasteiger partial charge in [0.1, 0.15) is 0 Å². The van der Waals surface area contributed by atoms with Crippen LogP contribution in [0.4, 0.5) is 0 Å². The Balaban J connectivity index is 2.00. The van der Waals surface area contributed by atoms with E-state index in [4.69, 9.17) is 5.41 Å². The van der Waals surface area contributed by atoms with Crippen molar-refractivity contribution in [2.45, 2.75) is 25.7 Å². The van der Waals surface area contributed by atoms with Crippen LogP contribution in [0.2, 0.25) is 0 Å². The molecule has 90 valence electrons. The molecule has 1 aliphatic carbocycles. The lowest BCUT2D eigenvalue weighted by atomic mass is 9.82. The largest absolute Gasteiger partial charge is 0.305 e. The molecule has 2 heterocycles. The standard InChI is InChI=1S/C15H15N3/c1-10-5-7-18-14-9-11(8-12(16)15(10)14)13-4-2-3-6-17-13/h2-7,11,16H,8-9H2,1H3. The van der Waals surface area contributed by atoms with Crippen LogP contribution in [0, 0.1) is 12.3 Å². The first-order chi connectivity index (χ1) is 8.75. The summed E-state index contributed by atoms with van der Waals surface area (Å²) in [6, 6.07) is 7.95. The number of hydrogen-bond acceptors (Lipinski definition) is 3. The lowest BCUT2D eigenvalue weighted by Crippen LogP contribution is -2.21. The van der Waals surface area contributed by atoms with E-state index < -0.39 is 0 Å². The number of aryl methyl sites for hydroxylation is 1. The average Bonchev–Trinajstić information content (AvgIpc) is 2.39. The van der Waals surface area contributed by atoms with E-state index in [0.717, 1.165) is 35.4 Å². The van der Waals surface area contributed by atoms with Gasteiger partial charge in [-0.25, -0.2) is 0 Å². The van der Waals surface area contributed by atoms with Gasteiger partial charge in [-0.15, -0.1) is 0 Å². The van der Waals surface area contributed by atoms with E-state index in [1.54, 1.807) is 0 Å². The van der Waals surface area contributed by atoms with Crippen LogP contribution >= 0.6 is 0 Å². The third-order valence-electron chi connectivity index (χ3n) is 3.54. The van der Waals surface area contributed by atoms with Crippen LogP contribution in [-0.2, 0) is 6.42 Å². The van der Waals surface area contributed by atoms with Gasteiger partial charge in [-0.2, -0.15) is 0 Å². The predicted molar refractivity (Wildman–Crippen MR) is 71.1 cm³/mol. The fraction of sp³-hybridized carbons (Fsp3) is 0.267. The zero-order valence-corrected chi connectivity index (χ0v) is 10.4. The first kappa shape index (κ1) is 11.1. The molecule has 3 heteroatoms. The predicted octanol–water partition coefficient (Wildman–Crippen LogP) is 2.88. The van der Waals surface area contributed by atoms with Crippen molar-refractivity contribution in [1.29, 1.82) is 5.41 Å². The highest BCUT2D eigenvalue weighted by atomic mass is 14.7. The summed E-state index contributed by atoms with van der Waals surface area (Å²) in [5.74, 6) is 0.292. The molecule has 0 aromatic carbocycles. The van der Waals surface area contributed by atoms with Crippen molar-refractivity contribution in [2.24, 2.45) is 0 Å². The quantitative estimate of drug-likeness (QED) is 0.829. The molecule has 1 atom stereocenters. The van der Waals surface area contributed by atoms with Crippen LogP contribution in [-0.4, -0.2) is 15.7 Å². The lowest BCUT2D eigenvalue weighted by molar-refractivity contribution is 0.657. The Bertz CT molecular complexity index is 590. The van der Waals surface area contributed by atoms with E-state index in [9.17, 15) is 0 Å². The molecule has 0 radical (unpaired) electrons. The minimum Gasteiger partial charge on any atom is -0.305 e. The Hall–Kier alpha value is -2.03. The molecule has 0 saturated heterocycles. The van der Waals surface area contributed by atoms with Crippen molar-refractivity contribution in [1.82, 2.24) is 9.97 Å². The van der Waals surface area contributed by atoms with E-state index in [2.05, 4.69) is 16.9 Å². The van der Waals surface area contributed by atoms with Gasteiger partial charge in [0.2, 0.25) is 0 Å². The fourth-order valence-electron chi connectivity index (χ4n) is 2.66. The second-order valence-corrected chi connectivity index (χ2v) is 4.79. The van der Waals surface area contributed by atoms with Crippen LogP contribution in [0.15, 0.2) is 36.7 Å². The van der Waals surface area contributed by atoms with E-state index in [1.165, 1.54) is 0 Å². The van der Waals surface area contributed by atoms with Crippen molar-refractivity contribution >= 4 is 5.71 Å². The maximum absolute atomic E-state index is 8.22. The van der Waals surface area contributed by atoms with Crippen molar-refractivity contribution in [2.75, 3.05) is 0 Å². The summed E-state index contributed by atoms with van der Waals surface area (Å²) in [5, 5.41) is 8.22. The maximum atomic E-state index is 8.22. The summed E-state index contributed by atoms with van der Waals surface area (Å²) in [6.07, 6.45) is 5.30. The van der Waals surface area contributed by atoms with Crippen molar-refractivity contribution < 1.29 is 0 Å². The van der Waals surface area contributed by atoms with Gasteiger partial charge < -0.3 is 5.41 Å². The molecule has 2 aromatic heterocycles. The highest BCUT2D eigenvalue weighted by Crippen LogP contribution is 2.31. The average molecular weight is 237 g/mol. The Kier molecular flexibility index (Phi) is 2.67. The molecule has 0 spiro atoms. The molecule has 3 nitrogen and oxygen atoms in total. The molecule has 0 bridgehead atoms. The second kappa shape index (κ2) is 4.33. The van der Waals surface area contributed by atoms with E-state index in [0.29, 0.717) is 11.6 Å². The summed E-state index contributed by atoms with van der Waals surface area (Å²) in [6.45, 7) is 2.05. The molecule has 0 amide bonds. The number of pyridine rings is 2. The number of aromatic nitrogens is 2. The number of rotatable bonds is 1. The first-order valence-corrected chi connectivity index (χ1v) is 6.19. The molecule has 0 saturated carbocycles. The molecule has 0 aliphatic heterocycles. The van der Waals surface area contributed by atoms with Crippen LogP contribution in [0.5, 0.6) is 0 Å². The summed E-state index contributed by atoms with van der Waals surface area (Å²) in [5.41, 5.74) is 5.00. The Labute approximate surface area is 106 Å². The highest BCUT2D eigenvalue weighted by Gasteiger charge is 2.26. The summed E-state index contributed by atoms with van der Waals surface area (Å²) >= 11 is 0. The SMILES string of the molecule is Cc1ccnc2c1C(=N)CC(c1ccccn1)C2. The Morgan fingerprint density at radius 1 is 1.11 bits per heavy atom. The number of nitrogens with one attached hydrogen (secondary N) is 1. The second-order valence-electron chi connectivity index (χ2n) is 4.79. The first-order valence-electron chi connectivity index (χ1n) is 6.19. The molecule has 3 rings (SSSR count). The fourth-order valence-corrected chi connectivity index (χ4v) is 2.66. The van der Waals surface area contributed by atoms with Gasteiger partial charge in [0.15, 0.2) is 0 Å². The third kappa shape index (κ3) is 1.82. The third-order valence-corrected chi connectivity index (χ3v) is 3.54. The normalized spacial score (nSPS) is 18.5. The van der Waals surface area contributed by atoms with Gasteiger partial charge in [0, 0.05) is 35.3 Å². The summed E-state index contributed by atoms with van der Waals surface area (Å²) in [4.78, 5) is 8.85. The van der Waals surface area contributed by atoms with Crippen molar-refractivity contribution in [3.63, 3.8) is 0 Å². The van der Waals surface area contributed by atoms with Crippen molar-refractivity contribution in [3.05, 3.63) is 59.2 Å². The summed E-state index contributed by atoms with van der Waals surface area (Å²) in [7, 11) is 0. The molecule has 18 heavy (non-hydrogen) atoms. The molecule has 1 aliphatic rings. The number of hydrogen-bond donors (Lipinski definition) is 1. The van der Waals surface area contributed by atoms with Gasteiger partial charge in [0.05, 0.1) is 5.69 Å². The van der Waals surface area contributed by atoms with Crippen LogP contribution in [0.3, 0.4) is 0 Å². The highest BCUT2D eigenvalue weighted by molar-refractivity contribution is 6.01. The van der Waals surface area contributed by atoms with Gasteiger partial charge in [-0.3, -0.25) is 9.97 Å². The van der Waals surface area contributed by atoms with Crippen LogP contribution < -0.4 is 0 Å².